The molecule has 0 aliphatic carbocycles. The first-order valence-electron chi connectivity index (χ1n) is 6.30. The van der Waals surface area contributed by atoms with Gasteiger partial charge in [-0.1, -0.05) is 0 Å². The summed E-state index contributed by atoms with van der Waals surface area (Å²) in [7, 11) is -4.21. The third kappa shape index (κ3) is 3.05. The highest BCUT2D eigenvalue weighted by Crippen LogP contribution is 2.33. The molecule has 0 radical (unpaired) electrons. The molecule has 2 rings (SSSR count). The largest absolute Gasteiger partial charge is 0.481 e. The SMILES string of the molecule is CCn1nccc1S(=O)(=O)N1CC(C(=O)O)CC(F)(F)C1. The number of halogens is 2. The molecule has 1 fully saturated rings. The Morgan fingerprint density at radius 3 is 2.81 bits per heavy atom. The van der Waals surface area contributed by atoms with Crippen molar-refractivity contribution in [1.29, 1.82) is 0 Å². The molecular weight excluding hydrogens is 308 g/mol. The molecule has 1 aromatic heterocycles. The van der Waals surface area contributed by atoms with Gasteiger partial charge in [0.25, 0.3) is 15.9 Å². The lowest BCUT2D eigenvalue weighted by Crippen LogP contribution is -2.51. The Kier molecular flexibility index (Phi) is 4.02. The van der Waals surface area contributed by atoms with Gasteiger partial charge in [-0.2, -0.15) is 9.40 Å². The van der Waals surface area contributed by atoms with Gasteiger partial charge in [-0.25, -0.2) is 17.2 Å². The van der Waals surface area contributed by atoms with E-state index in [9.17, 15) is 22.0 Å². The lowest BCUT2D eigenvalue weighted by molar-refractivity contribution is -0.150. The van der Waals surface area contributed by atoms with Gasteiger partial charge in [0.2, 0.25) is 0 Å². The van der Waals surface area contributed by atoms with E-state index in [1.165, 1.54) is 12.3 Å². The molecule has 21 heavy (non-hydrogen) atoms. The smallest absolute Gasteiger partial charge is 0.308 e. The minimum Gasteiger partial charge on any atom is -0.481 e. The first kappa shape index (κ1) is 15.8. The number of piperidine rings is 1. The molecule has 1 aliphatic rings. The number of sulfonamides is 1. The molecule has 1 aliphatic heterocycles. The van der Waals surface area contributed by atoms with E-state index in [1.54, 1.807) is 6.92 Å². The lowest BCUT2D eigenvalue weighted by atomic mass is 9.97. The number of carboxylic acid groups (broad SMARTS) is 1. The van der Waals surface area contributed by atoms with Crippen molar-refractivity contribution < 1.29 is 27.1 Å². The summed E-state index contributed by atoms with van der Waals surface area (Å²) >= 11 is 0. The highest BCUT2D eigenvalue weighted by atomic mass is 32.2. The summed E-state index contributed by atoms with van der Waals surface area (Å²) in [6.07, 6.45) is 0.397. The molecule has 1 atom stereocenters. The van der Waals surface area contributed by atoms with Crippen LogP contribution in [0.5, 0.6) is 0 Å². The van der Waals surface area contributed by atoms with E-state index >= 15 is 0 Å². The van der Waals surface area contributed by atoms with Crippen molar-refractivity contribution in [3.8, 4) is 0 Å². The number of aromatic nitrogens is 2. The van der Waals surface area contributed by atoms with Gasteiger partial charge >= 0.3 is 5.97 Å². The fraction of sp³-hybridized carbons (Fsp3) is 0.636. The van der Waals surface area contributed by atoms with Crippen molar-refractivity contribution in [1.82, 2.24) is 14.1 Å². The van der Waals surface area contributed by atoms with Crippen LogP contribution in [0.2, 0.25) is 0 Å². The average molecular weight is 323 g/mol. The van der Waals surface area contributed by atoms with Gasteiger partial charge < -0.3 is 5.11 Å². The van der Waals surface area contributed by atoms with Crippen LogP contribution in [0.1, 0.15) is 13.3 Å². The monoisotopic (exact) mass is 323 g/mol. The van der Waals surface area contributed by atoms with Crippen LogP contribution in [0, 0.1) is 5.92 Å². The zero-order chi connectivity index (χ0) is 15.8. The molecule has 0 spiro atoms. The van der Waals surface area contributed by atoms with Gasteiger partial charge in [0, 0.05) is 19.5 Å². The van der Waals surface area contributed by atoms with Crippen molar-refractivity contribution in [3.63, 3.8) is 0 Å². The van der Waals surface area contributed by atoms with Crippen LogP contribution in [-0.2, 0) is 21.4 Å². The van der Waals surface area contributed by atoms with Crippen LogP contribution in [-0.4, -0.2) is 52.6 Å². The minimum absolute atomic E-state index is 0.216. The Bertz CT molecular complexity index is 644. The molecule has 1 saturated heterocycles. The Balaban J connectivity index is 2.37. The Labute approximate surface area is 120 Å². The van der Waals surface area contributed by atoms with E-state index in [2.05, 4.69) is 5.10 Å². The molecule has 10 heteroatoms. The number of rotatable bonds is 4. The highest BCUT2D eigenvalue weighted by Gasteiger charge is 2.47. The predicted octanol–water partition coefficient (Wildman–Crippen LogP) is 0.633. The summed E-state index contributed by atoms with van der Waals surface area (Å²) in [5.74, 6) is -6.23. The third-order valence-corrected chi connectivity index (χ3v) is 5.14. The number of carbonyl (C=O) groups is 1. The Morgan fingerprint density at radius 2 is 2.24 bits per heavy atom. The summed E-state index contributed by atoms with van der Waals surface area (Å²) in [4.78, 5) is 11.0. The zero-order valence-corrected chi connectivity index (χ0v) is 12.1. The summed E-state index contributed by atoms with van der Waals surface area (Å²) in [5, 5.41) is 12.5. The molecule has 0 aromatic carbocycles. The summed E-state index contributed by atoms with van der Waals surface area (Å²) in [6, 6.07) is 1.21. The van der Waals surface area contributed by atoms with Gasteiger partial charge in [0.15, 0.2) is 5.03 Å². The molecule has 1 N–H and O–H groups in total. The molecule has 0 amide bonds. The second-order valence-electron chi connectivity index (χ2n) is 4.88. The fourth-order valence-electron chi connectivity index (χ4n) is 2.32. The van der Waals surface area contributed by atoms with Gasteiger partial charge in [-0.3, -0.25) is 9.48 Å². The van der Waals surface area contributed by atoms with E-state index in [4.69, 9.17) is 5.11 Å². The topological polar surface area (TPSA) is 92.5 Å². The highest BCUT2D eigenvalue weighted by molar-refractivity contribution is 7.89. The van der Waals surface area contributed by atoms with Crippen molar-refractivity contribution in [2.24, 2.45) is 5.92 Å². The molecule has 1 aromatic rings. The molecular formula is C11H15F2N3O4S. The van der Waals surface area contributed by atoms with Gasteiger partial charge in [-0.15, -0.1) is 0 Å². The van der Waals surface area contributed by atoms with Crippen LogP contribution < -0.4 is 0 Å². The zero-order valence-electron chi connectivity index (χ0n) is 11.2. The van der Waals surface area contributed by atoms with Gasteiger partial charge in [-0.05, 0) is 13.0 Å². The molecule has 2 heterocycles. The molecule has 1 unspecified atom stereocenters. The third-order valence-electron chi connectivity index (χ3n) is 3.31. The molecule has 7 nitrogen and oxygen atoms in total. The molecule has 0 bridgehead atoms. The first-order valence-corrected chi connectivity index (χ1v) is 7.74. The standard InChI is InChI=1S/C11H15F2N3O4S/c1-2-16-9(3-4-14-16)21(19,20)15-6-8(10(17)18)5-11(12,13)7-15/h3-4,8H,2,5-7H2,1H3,(H,17,18). The Hall–Kier alpha value is -1.55. The normalized spacial score (nSPS) is 23.1. The second kappa shape index (κ2) is 5.34. The Morgan fingerprint density at radius 1 is 1.57 bits per heavy atom. The van der Waals surface area contributed by atoms with E-state index in [0.29, 0.717) is 4.31 Å². The van der Waals surface area contributed by atoms with Crippen LogP contribution in [0.4, 0.5) is 8.78 Å². The van der Waals surface area contributed by atoms with E-state index in [0.717, 1.165) is 4.68 Å². The second-order valence-corrected chi connectivity index (χ2v) is 6.76. The van der Waals surface area contributed by atoms with Crippen LogP contribution in [0.15, 0.2) is 17.3 Å². The van der Waals surface area contributed by atoms with E-state index < -0.39 is 47.3 Å². The van der Waals surface area contributed by atoms with Crippen molar-refractivity contribution >= 4 is 16.0 Å². The van der Waals surface area contributed by atoms with Crippen molar-refractivity contribution in [2.75, 3.05) is 13.1 Å². The van der Waals surface area contributed by atoms with E-state index in [1.807, 2.05) is 0 Å². The number of aryl methyl sites for hydroxylation is 1. The van der Waals surface area contributed by atoms with Crippen LogP contribution in [0.25, 0.3) is 0 Å². The number of alkyl halides is 2. The maximum absolute atomic E-state index is 13.6. The lowest BCUT2D eigenvalue weighted by Gasteiger charge is -2.34. The molecule has 118 valence electrons. The maximum Gasteiger partial charge on any atom is 0.308 e. The van der Waals surface area contributed by atoms with Crippen LogP contribution in [0.3, 0.4) is 0 Å². The predicted molar refractivity (Wildman–Crippen MR) is 67.3 cm³/mol. The number of nitrogens with zero attached hydrogens (tertiary/aromatic N) is 3. The number of hydrogen-bond acceptors (Lipinski definition) is 4. The van der Waals surface area contributed by atoms with E-state index in [-0.39, 0.29) is 11.6 Å². The number of hydrogen-bond donors (Lipinski definition) is 1. The van der Waals surface area contributed by atoms with Crippen LogP contribution >= 0.6 is 0 Å². The first-order chi connectivity index (χ1) is 9.67. The quantitative estimate of drug-likeness (QED) is 0.877. The number of carboxylic acids is 1. The molecule has 0 saturated carbocycles. The van der Waals surface area contributed by atoms with Gasteiger partial charge in [0.05, 0.1) is 18.7 Å². The summed E-state index contributed by atoms with van der Waals surface area (Å²) < 4.78 is 53.8. The minimum atomic E-state index is -4.21. The summed E-state index contributed by atoms with van der Waals surface area (Å²) in [5.41, 5.74) is 0. The maximum atomic E-state index is 13.6. The van der Waals surface area contributed by atoms with Gasteiger partial charge in [0.1, 0.15) is 0 Å². The average Bonchev–Trinajstić information content (AvgIpc) is 2.85. The number of aliphatic carboxylic acids is 1. The van der Waals surface area contributed by atoms with Crippen molar-refractivity contribution in [2.45, 2.75) is 30.8 Å². The van der Waals surface area contributed by atoms with Crippen molar-refractivity contribution in [3.05, 3.63) is 12.3 Å². The summed E-state index contributed by atoms with van der Waals surface area (Å²) in [6.45, 7) is 0.432. The fourth-order valence-corrected chi connectivity index (χ4v) is 3.99.